The summed E-state index contributed by atoms with van der Waals surface area (Å²) in [6.45, 7) is 2.20. The first kappa shape index (κ1) is 15.9. The van der Waals surface area contributed by atoms with Crippen molar-refractivity contribution in [3.05, 3.63) is 114 Å². The fourth-order valence-electron chi connectivity index (χ4n) is 4.14. The van der Waals surface area contributed by atoms with E-state index in [-0.39, 0.29) is 0 Å². The Kier molecular flexibility index (Phi) is 3.79. The van der Waals surface area contributed by atoms with Crippen LogP contribution >= 0.6 is 0 Å². The molecule has 27 heavy (non-hydrogen) atoms. The largest absolute Gasteiger partial charge is 0.309 e. The third kappa shape index (κ3) is 2.72. The van der Waals surface area contributed by atoms with E-state index < -0.39 is 0 Å². The molecule has 0 amide bonds. The summed E-state index contributed by atoms with van der Waals surface area (Å²) >= 11 is 0. The first-order valence-electron chi connectivity index (χ1n) is 9.43. The third-order valence-corrected chi connectivity index (χ3v) is 5.24. The van der Waals surface area contributed by atoms with Crippen LogP contribution < -0.4 is 0 Å². The lowest BCUT2D eigenvalue weighted by Gasteiger charge is -2.12. The Morgan fingerprint density at radius 1 is 0.667 bits per heavy atom. The van der Waals surface area contributed by atoms with Crippen molar-refractivity contribution in [2.45, 2.75) is 13.3 Å². The molecule has 0 fully saturated rings. The van der Waals surface area contributed by atoms with Gasteiger partial charge in [0.05, 0.1) is 11.0 Å². The van der Waals surface area contributed by atoms with Crippen molar-refractivity contribution < 1.29 is 0 Å². The molecule has 1 heteroatoms. The van der Waals surface area contributed by atoms with E-state index in [2.05, 4.69) is 109 Å². The Hall–Kier alpha value is -3.32. The molecule has 0 saturated heterocycles. The lowest BCUT2D eigenvalue weighted by atomic mass is 9.99. The van der Waals surface area contributed by atoms with Gasteiger partial charge in [-0.3, -0.25) is 0 Å². The van der Waals surface area contributed by atoms with Gasteiger partial charge < -0.3 is 4.57 Å². The van der Waals surface area contributed by atoms with E-state index >= 15 is 0 Å². The van der Waals surface area contributed by atoms with E-state index in [1.807, 2.05) is 0 Å². The van der Waals surface area contributed by atoms with Crippen molar-refractivity contribution in [3.63, 3.8) is 0 Å². The molecule has 0 spiro atoms. The molecule has 1 heterocycles. The molecular formula is C26H21N. The maximum atomic E-state index is 2.42. The number of nitrogens with zero attached hydrogens (tertiary/aromatic N) is 1. The lowest BCUT2D eigenvalue weighted by molar-refractivity contribution is 1.13. The van der Waals surface area contributed by atoms with Crippen LogP contribution in [0, 0.1) is 6.92 Å². The standard InChI is InChI=1S/C26H21N/c1-19-16-21(18-20-10-4-2-5-11-20)26-24(17-19)23-14-8-9-15-25(23)27(26)22-12-6-3-7-13-22/h2-17H,18H2,1H3. The molecule has 4 aromatic carbocycles. The summed E-state index contributed by atoms with van der Waals surface area (Å²) in [7, 11) is 0. The molecule has 5 aromatic rings. The summed E-state index contributed by atoms with van der Waals surface area (Å²) in [5.41, 5.74) is 7.81. The summed E-state index contributed by atoms with van der Waals surface area (Å²) in [5.74, 6) is 0. The fourth-order valence-corrected chi connectivity index (χ4v) is 4.14. The number of benzene rings is 4. The maximum absolute atomic E-state index is 2.42. The lowest BCUT2D eigenvalue weighted by Crippen LogP contribution is -1.98. The molecule has 0 radical (unpaired) electrons. The van der Waals surface area contributed by atoms with Crippen LogP contribution in [0.5, 0.6) is 0 Å². The van der Waals surface area contributed by atoms with Gasteiger partial charge in [0.15, 0.2) is 0 Å². The average molecular weight is 347 g/mol. The average Bonchev–Trinajstić information content (AvgIpc) is 3.04. The molecule has 0 aliphatic rings. The highest BCUT2D eigenvalue weighted by molar-refractivity contribution is 6.10. The number of hydrogen-bond acceptors (Lipinski definition) is 0. The van der Waals surface area contributed by atoms with Crippen LogP contribution in [0.15, 0.2) is 97.1 Å². The Bertz CT molecular complexity index is 1230. The topological polar surface area (TPSA) is 4.93 Å². The summed E-state index contributed by atoms with van der Waals surface area (Å²) < 4.78 is 2.42. The van der Waals surface area contributed by atoms with Gasteiger partial charge in [-0.15, -0.1) is 0 Å². The smallest absolute Gasteiger partial charge is 0.0576 e. The Labute approximate surface area is 159 Å². The van der Waals surface area contributed by atoms with Gasteiger partial charge in [0, 0.05) is 16.5 Å². The minimum absolute atomic E-state index is 0.933. The summed E-state index contributed by atoms with van der Waals surface area (Å²) in [6, 6.07) is 34.8. The number of rotatable bonds is 3. The van der Waals surface area contributed by atoms with Gasteiger partial charge in [0.1, 0.15) is 0 Å². The Morgan fingerprint density at radius 3 is 2.11 bits per heavy atom. The zero-order valence-corrected chi connectivity index (χ0v) is 15.4. The van der Waals surface area contributed by atoms with Crippen LogP contribution in [-0.2, 0) is 6.42 Å². The molecule has 0 atom stereocenters. The molecule has 5 rings (SSSR count). The van der Waals surface area contributed by atoms with Crippen molar-refractivity contribution in [2.24, 2.45) is 0 Å². The van der Waals surface area contributed by atoms with Gasteiger partial charge >= 0.3 is 0 Å². The van der Waals surface area contributed by atoms with Crippen molar-refractivity contribution in [2.75, 3.05) is 0 Å². The fraction of sp³-hybridized carbons (Fsp3) is 0.0769. The highest BCUT2D eigenvalue weighted by Gasteiger charge is 2.16. The van der Waals surface area contributed by atoms with Gasteiger partial charge in [-0.25, -0.2) is 0 Å². The number of para-hydroxylation sites is 2. The Balaban J connectivity index is 1.88. The minimum atomic E-state index is 0.933. The second kappa shape index (κ2) is 6.44. The van der Waals surface area contributed by atoms with Crippen LogP contribution in [0.2, 0.25) is 0 Å². The molecule has 0 N–H and O–H groups in total. The second-order valence-corrected chi connectivity index (χ2v) is 7.17. The first-order valence-corrected chi connectivity index (χ1v) is 9.43. The highest BCUT2D eigenvalue weighted by Crippen LogP contribution is 2.35. The SMILES string of the molecule is Cc1cc(Cc2ccccc2)c2c(c1)c1ccccc1n2-c1ccccc1. The molecule has 0 aliphatic heterocycles. The summed E-state index contributed by atoms with van der Waals surface area (Å²) in [6.07, 6.45) is 0.933. The van der Waals surface area contributed by atoms with E-state index in [1.165, 1.54) is 44.2 Å². The minimum Gasteiger partial charge on any atom is -0.309 e. The number of hydrogen-bond donors (Lipinski definition) is 0. The van der Waals surface area contributed by atoms with Crippen LogP contribution in [-0.4, -0.2) is 4.57 Å². The van der Waals surface area contributed by atoms with Gasteiger partial charge in [0.2, 0.25) is 0 Å². The molecule has 1 aromatic heterocycles. The molecule has 0 saturated carbocycles. The third-order valence-electron chi connectivity index (χ3n) is 5.24. The zero-order chi connectivity index (χ0) is 18.2. The van der Waals surface area contributed by atoms with Crippen molar-refractivity contribution in [1.82, 2.24) is 4.57 Å². The second-order valence-electron chi connectivity index (χ2n) is 7.17. The summed E-state index contributed by atoms with van der Waals surface area (Å²) in [4.78, 5) is 0. The van der Waals surface area contributed by atoms with E-state index in [0.717, 1.165) is 6.42 Å². The Morgan fingerprint density at radius 2 is 1.33 bits per heavy atom. The molecule has 0 unspecified atom stereocenters. The van der Waals surface area contributed by atoms with E-state index in [4.69, 9.17) is 0 Å². The van der Waals surface area contributed by atoms with Crippen LogP contribution in [0.25, 0.3) is 27.5 Å². The normalized spacial score (nSPS) is 11.3. The van der Waals surface area contributed by atoms with Crippen LogP contribution in [0.4, 0.5) is 0 Å². The first-order chi connectivity index (χ1) is 13.3. The number of aromatic nitrogens is 1. The van der Waals surface area contributed by atoms with E-state index in [1.54, 1.807) is 0 Å². The number of fused-ring (bicyclic) bond motifs is 3. The molecule has 0 bridgehead atoms. The zero-order valence-electron chi connectivity index (χ0n) is 15.4. The molecule has 130 valence electrons. The van der Waals surface area contributed by atoms with Crippen molar-refractivity contribution in [3.8, 4) is 5.69 Å². The van der Waals surface area contributed by atoms with Gasteiger partial charge in [0.25, 0.3) is 0 Å². The monoisotopic (exact) mass is 347 g/mol. The van der Waals surface area contributed by atoms with Gasteiger partial charge in [-0.2, -0.15) is 0 Å². The van der Waals surface area contributed by atoms with E-state index in [9.17, 15) is 0 Å². The molecule has 1 nitrogen and oxygen atoms in total. The van der Waals surface area contributed by atoms with Crippen molar-refractivity contribution >= 4 is 21.8 Å². The van der Waals surface area contributed by atoms with Crippen molar-refractivity contribution in [1.29, 1.82) is 0 Å². The van der Waals surface area contributed by atoms with Gasteiger partial charge in [-0.05, 0) is 48.7 Å². The maximum Gasteiger partial charge on any atom is 0.0576 e. The van der Waals surface area contributed by atoms with E-state index in [0.29, 0.717) is 0 Å². The molecular weight excluding hydrogens is 326 g/mol. The quantitative estimate of drug-likeness (QED) is 0.343. The highest BCUT2D eigenvalue weighted by atomic mass is 15.0. The van der Waals surface area contributed by atoms with Gasteiger partial charge in [-0.1, -0.05) is 78.4 Å². The van der Waals surface area contributed by atoms with Crippen LogP contribution in [0.3, 0.4) is 0 Å². The number of aryl methyl sites for hydroxylation is 1. The molecule has 0 aliphatic carbocycles. The summed E-state index contributed by atoms with van der Waals surface area (Å²) in [5, 5.41) is 2.65. The predicted molar refractivity (Wildman–Crippen MR) is 115 cm³/mol. The van der Waals surface area contributed by atoms with Crippen LogP contribution in [0.1, 0.15) is 16.7 Å². The predicted octanol–water partition coefficient (Wildman–Crippen LogP) is 6.68.